The lowest BCUT2D eigenvalue weighted by Gasteiger charge is -2.32. The highest BCUT2D eigenvalue weighted by Gasteiger charge is 2.41. The quantitative estimate of drug-likeness (QED) is 0.841. The standard InChI is InChI=1S/C16H30N2O2/c1-11(2)9-14-16(19)18(15(17-14)12(3)4)10-13-5-7-20-8-6-13/h11-15,17H,5-10H2,1-4H3. The van der Waals surface area contributed by atoms with Gasteiger partial charge < -0.3 is 9.64 Å². The Morgan fingerprint density at radius 2 is 1.90 bits per heavy atom. The van der Waals surface area contributed by atoms with Gasteiger partial charge in [0, 0.05) is 19.8 Å². The third-order valence-electron chi connectivity index (χ3n) is 4.42. The van der Waals surface area contributed by atoms with Crippen molar-refractivity contribution in [1.82, 2.24) is 10.2 Å². The van der Waals surface area contributed by atoms with Crippen LogP contribution in [0.5, 0.6) is 0 Å². The number of amides is 1. The predicted molar refractivity (Wildman–Crippen MR) is 80.3 cm³/mol. The first-order valence-electron chi connectivity index (χ1n) is 8.13. The van der Waals surface area contributed by atoms with Crippen LogP contribution in [0.25, 0.3) is 0 Å². The van der Waals surface area contributed by atoms with Gasteiger partial charge in [-0.2, -0.15) is 0 Å². The van der Waals surface area contributed by atoms with Crippen molar-refractivity contribution in [2.24, 2.45) is 17.8 Å². The molecular weight excluding hydrogens is 252 g/mol. The van der Waals surface area contributed by atoms with E-state index in [2.05, 4.69) is 37.9 Å². The van der Waals surface area contributed by atoms with Crippen LogP contribution < -0.4 is 5.32 Å². The second-order valence-electron chi connectivity index (χ2n) is 7.08. The summed E-state index contributed by atoms with van der Waals surface area (Å²) in [6.07, 6.45) is 3.31. The fourth-order valence-corrected chi connectivity index (χ4v) is 3.31. The topological polar surface area (TPSA) is 41.6 Å². The van der Waals surface area contributed by atoms with E-state index in [1.54, 1.807) is 0 Å². The second-order valence-corrected chi connectivity index (χ2v) is 7.08. The van der Waals surface area contributed by atoms with Gasteiger partial charge in [-0.3, -0.25) is 10.1 Å². The van der Waals surface area contributed by atoms with E-state index in [0.717, 1.165) is 39.0 Å². The van der Waals surface area contributed by atoms with Crippen LogP contribution in [-0.2, 0) is 9.53 Å². The highest BCUT2D eigenvalue weighted by Crippen LogP contribution is 2.25. The first kappa shape index (κ1) is 15.8. The number of nitrogens with zero attached hydrogens (tertiary/aromatic N) is 1. The fraction of sp³-hybridized carbons (Fsp3) is 0.938. The molecule has 2 unspecified atom stereocenters. The van der Waals surface area contributed by atoms with Crippen molar-refractivity contribution < 1.29 is 9.53 Å². The zero-order chi connectivity index (χ0) is 14.7. The molecule has 116 valence electrons. The van der Waals surface area contributed by atoms with Crippen molar-refractivity contribution in [3.05, 3.63) is 0 Å². The van der Waals surface area contributed by atoms with E-state index in [0.29, 0.717) is 23.7 Å². The Morgan fingerprint density at radius 1 is 1.25 bits per heavy atom. The van der Waals surface area contributed by atoms with E-state index in [9.17, 15) is 4.79 Å². The Bertz CT molecular complexity index is 324. The van der Waals surface area contributed by atoms with Gasteiger partial charge in [0.15, 0.2) is 0 Å². The van der Waals surface area contributed by atoms with E-state index in [1.807, 2.05) is 0 Å². The van der Waals surface area contributed by atoms with Crippen molar-refractivity contribution in [3.8, 4) is 0 Å². The zero-order valence-electron chi connectivity index (χ0n) is 13.4. The van der Waals surface area contributed by atoms with Crippen LogP contribution in [0.15, 0.2) is 0 Å². The van der Waals surface area contributed by atoms with E-state index >= 15 is 0 Å². The third-order valence-corrected chi connectivity index (χ3v) is 4.42. The third kappa shape index (κ3) is 3.73. The van der Waals surface area contributed by atoms with E-state index < -0.39 is 0 Å². The van der Waals surface area contributed by atoms with Crippen LogP contribution in [0, 0.1) is 17.8 Å². The van der Waals surface area contributed by atoms with Gasteiger partial charge in [-0.15, -0.1) is 0 Å². The maximum atomic E-state index is 12.7. The fourth-order valence-electron chi connectivity index (χ4n) is 3.31. The molecule has 0 aromatic heterocycles. The molecular formula is C16H30N2O2. The van der Waals surface area contributed by atoms with Crippen LogP contribution in [0.4, 0.5) is 0 Å². The van der Waals surface area contributed by atoms with Gasteiger partial charge in [-0.05, 0) is 37.0 Å². The lowest BCUT2D eigenvalue weighted by atomic mass is 9.98. The molecule has 4 heteroatoms. The molecule has 2 atom stereocenters. The molecule has 2 saturated heterocycles. The van der Waals surface area contributed by atoms with Crippen LogP contribution in [0.1, 0.15) is 47.0 Å². The number of rotatable bonds is 5. The molecule has 1 N–H and O–H groups in total. The molecule has 2 fully saturated rings. The summed E-state index contributed by atoms with van der Waals surface area (Å²) >= 11 is 0. The lowest BCUT2D eigenvalue weighted by molar-refractivity contribution is -0.131. The number of hydrogen-bond acceptors (Lipinski definition) is 3. The van der Waals surface area contributed by atoms with Crippen molar-refractivity contribution in [3.63, 3.8) is 0 Å². The van der Waals surface area contributed by atoms with Crippen LogP contribution in [0.3, 0.4) is 0 Å². The molecule has 2 heterocycles. The molecule has 20 heavy (non-hydrogen) atoms. The summed E-state index contributed by atoms with van der Waals surface area (Å²) in [7, 11) is 0. The number of ether oxygens (including phenoxy) is 1. The summed E-state index contributed by atoms with van der Waals surface area (Å²) in [5.41, 5.74) is 0. The molecule has 4 nitrogen and oxygen atoms in total. The molecule has 2 aliphatic heterocycles. The summed E-state index contributed by atoms with van der Waals surface area (Å²) < 4.78 is 5.42. The maximum Gasteiger partial charge on any atom is 0.241 e. The van der Waals surface area contributed by atoms with E-state index in [4.69, 9.17) is 4.74 Å². The number of hydrogen-bond donors (Lipinski definition) is 1. The molecule has 0 aliphatic carbocycles. The van der Waals surface area contributed by atoms with E-state index in [-0.39, 0.29) is 12.2 Å². The Labute approximate surface area is 123 Å². The SMILES string of the molecule is CC(C)CC1NC(C(C)C)N(CC2CCOCC2)C1=O. The number of nitrogens with one attached hydrogen (secondary N) is 1. The summed E-state index contributed by atoms with van der Waals surface area (Å²) in [5, 5.41) is 3.56. The molecule has 0 spiro atoms. The molecule has 2 rings (SSSR count). The summed E-state index contributed by atoms with van der Waals surface area (Å²) in [6, 6.07) is 0.0160. The van der Waals surface area contributed by atoms with Gasteiger partial charge in [-0.25, -0.2) is 0 Å². The highest BCUT2D eigenvalue weighted by molar-refractivity contribution is 5.84. The minimum Gasteiger partial charge on any atom is -0.381 e. The summed E-state index contributed by atoms with van der Waals surface area (Å²) in [5.74, 6) is 1.92. The lowest BCUT2D eigenvalue weighted by Crippen LogP contribution is -2.44. The molecule has 0 aromatic rings. The zero-order valence-corrected chi connectivity index (χ0v) is 13.4. The van der Waals surface area contributed by atoms with Crippen molar-refractivity contribution in [2.75, 3.05) is 19.8 Å². The second kappa shape index (κ2) is 6.90. The van der Waals surface area contributed by atoms with Gasteiger partial charge in [-0.1, -0.05) is 27.7 Å². The minimum atomic E-state index is 0.0160. The van der Waals surface area contributed by atoms with Crippen molar-refractivity contribution in [2.45, 2.75) is 59.2 Å². The Morgan fingerprint density at radius 3 is 2.45 bits per heavy atom. The number of carbonyl (C=O) groups is 1. The molecule has 2 aliphatic rings. The normalized spacial score (nSPS) is 28.9. The maximum absolute atomic E-state index is 12.7. The molecule has 0 radical (unpaired) electrons. The van der Waals surface area contributed by atoms with Gasteiger partial charge in [0.25, 0.3) is 0 Å². The van der Waals surface area contributed by atoms with E-state index in [1.165, 1.54) is 0 Å². The highest BCUT2D eigenvalue weighted by atomic mass is 16.5. The number of carbonyl (C=O) groups excluding carboxylic acids is 1. The van der Waals surface area contributed by atoms with Gasteiger partial charge in [0.05, 0.1) is 12.2 Å². The first-order valence-corrected chi connectivity index (χ1v) is 8.13. The van der Waals surface area contributed by atoms with Crippen molar-refractivity contribution in [1.29, 1.82) is 0 Å². The van der Waals surface area contributed by atoms with Gasteiger partial charge in [0.2, 0.25) is 5.91 Å². The Kier molecular flexibility index (Phi) is 5.44. The monoisotopic (exact) mass is 282 g/mol. The van der Waals surface area contributed by atoms with Crippen LogP contribution in [-0.4, -0.2) is 42.8 Å². The van der Waals surface area contributed by atoms with Crippen LogP contribution >= 0.6 is 0 Å². The minimum absolute atomic E-state index is 0.0160. The summed E-state index contributed by atoms with van der Waals surface area (Å²) in [6.45, 7) is 11.3. The van der Waals surface area contributed by atoms with Crippen LogP contribution in [0.2, 0.25) is 0 Å². The van der Waals surface area contributed by atoms with Gasteiger partial charge >= 0.3 is 0 Å². The molecule has 0 bridgehead atoms. The average molecular weight is 282 g/mol. The smallest absolute Gasteiger partial charge is 0.241 e. The Balaban J connectivity index is 2.00. The molecule has 1 amide bonds. The Hall–Kier alpha value is -0.610. The molecule has 0 aromatic carbocycles. The molecule has 0 saturated carbocycles. The van der Waals surface area contributed by atoms with Gasteiger partial charge in [0.1, 0.15) is 0 Å². The van der Waals surface area contributed by atoms with Crippen molar-refractivity contribution >= 4 is 5.91 Å². The summed E-state index contributed by atoms with van der Waals surface area (Å²) in [4.78, 5) is 14.8. The predicted octanol–water partition coefficient (Wildman–Crippen LogP) is 2.24. The average Bonchev–Trinajstić information content (AvgIpc) is 2.69. The first-order chi connectivity index (χ1) is 9.49. The largest absolute Gasteiger partial charge is 0.381 e.